The van der Waals surface area contributed by atoms with Gasteiger partial charge in [-0.2, -0.15) is 0 Å². The number of hydrogen-bond donors (Lipinski definition) is 0. The van der Waals surface area contributed by atoms with E-state index in [1.807, 2.05) is 34.8 Å². The minimum Gasteiger partial charge on any atom is -0.452 e. The lowest BCUT2D eigenvalue weighted by molar-refractivity contribution is 0.581. The number of aromatic nitrogens is 6. The average Bonchev–Trinajstić information content (AvgIpc) is 1.54. The Kier molecular flexibility index (Phi) is 12.2. The van der Waals surface area contributed by atoms with Crippen LogP contribution in [0.4, 0.5) is 0 Å². The largest absolute Gasteiger partial charge is 0.452 e. The van der Waals surface area contributed by atoms with Gasteiger partial charge in [0.25, 0.3) is 0 Å². The van der Waals surface area contributed by atoms with E-state index >= 15 is 0 Å². The number of rotatable bonds is 6. The molecule has 518 valence electrons. The van der Waals surface area contributed by atoms with Crippen LogP contribution in [0, 0.1) is 0 Å². The van der Waals surface area contributed by atoms with Crippen LogP contribution in [0.3, 0.4) is 0 Å². The lowest BCUT2D eigenvalue weighted by Gasteiger charge is -2.29. The molecule has 26 rings (SSSR count). The fourth-order valence-electron chi connectivity index (χ4n) is 20.3. The van der Waals surface area contributed by atoms with E-state index in [9.17, 15) is 0 Å². The molecular formula is C103H58N6OS2. The van der Waals surface area contributed by atoms with Gasteiger partial charge in [-0.3, -0.25) is 9.13 Å². The van der Waals surface area contributed by atoms with Crippen molar-refractivity contribution in [1.29, 1.82) is 0 Å². The highest BCUT2D eigenvalue weighted by Gasteiger charge is 2.44. The van der Waals surface area contributed by atoms with Gasteiger partial charge in [-0.25, -0.2) is 19.9 Å². The van der Waals surface area contributed by atoms with Crippen LogP contribution < -0.4 is 0 Å². The van der Waals surface area contributed by atoms with Gasteiger partial charge in [0, 0.05) is 106 Å². The molecule has 7 heterocycles. The minimum atomic E-state index is -0.636. The highest BCUT2D eigenvalue weighted by molar-refractivity contribution is 7.26. The maximum absolute atomic E-state index is 6.92. The first-order chi connectivity index (χ1) is 55.4. The van der Waals surface area contributed by atoms with Gasteiger partial charge in [-0.1, -0.05) is 268 Å². The van der Waals surface area contributed by atoms with E-state index in [0.717, 1.165) is 99.4 Å². The predicted octanol–water partition coefficient (Wildman–Crippen LogP) is 28.2. The number of nitrogens with zero attached hydrogens (tertiary/aromatic N) is 6. The normalized spacial score (nSPS) is 14.0. The van der Waals surface area contributed by atoms with Crippen LogP contribution in [0.5, 0.6) is 0 Å². The summed E-state index contributed by atoms with van der Waals surface area (Å²) in [6, 6.07) is 119. The Hall–Kier alpha value is -14.0. The summed E-state index contributed by atoms with van der Waals surface area (Å²) in [4.78, 5) is 23.8. The fraction of sp³-hybridized carbons (Fsp3) is 0.0291. The zero-order valence-corrected chi connectivity index (χ0v) is 61.8. The molecule has 0 radical (unpaired) electrons. The second kappa shape index (κ2) is 22.4. The summed E-state index contributed by atoms with van der Waals surface area (Å²) < 4.78 is 16.5. The molecule has 0 fully saturated rings. The number of hydrogen-bond acceptors (Lipinski definition) is 7. The number of fused-ring (bicyclic) bond motifs is 36. The summed E-state index contributed by atoms with van der Waals surface area (Å²) in [5.41, 5.74) is 15.2. The SMILES string of the molecule is CC1(Cc2ccc3c(c2)c2ccccc2c2ccc4c(c23)c2c3ccccc3ccc2n4-c2nc(-c3cccc4sc5ccccc5c34)c3oc4ccccc4c3n2)c2ccccc2-c2nc(-n3c4ccc5ccccc5c4c4c5c6ccccc6c6ccccc6c5ccc43)nc(-c3cccc4sc5ccccc5c34)c21. The topological polar surface area (TPSA) is 74.6 Å². The van der Waals surface area contributed by atoms with Crippen molar-refractivity contribution in [3.63, 3.8) is 0 Å². The molecule has 0 bridgehead atoms. The highest BCUT2D eigenvalue weighted by Crippen LogP contribution is 2.57. The molecule has 1 atom stereocenters. The van der Waals surface area contributed by atoms with Crippen molar-refractivity contribution in [2.75, 3.05) is 0 Å². The van der Waals surface area contributed by atoms with Crippen molar-refractivity contribution < 1.29 is 4.42 Å². The third-order valence-electron chi connectivity index (χ3n) is 24.9. The summed E-state index contributed by atoms with van der Waals surface area (Å²) in [7, 11) is 0. The molecule has 0 saturated heterocycles. The lowest BCUT2D eigenvalue weighted by atomic mass is 9.73. The molecule has 18 aromatic carbocycles. The molecule has 1 aliphatic carbocycles. The average molecular weight is 1460 g/mol. The Morgan fingerprint density at radius 3 is 1.29 bits per heavy atom. The first-order valence-corrected chi connectivity index (χ1v) is 40.0. The molecule has 0 amide bonds. The van der Waals surface area contributed by atoms with Crippen molar-refractivity contribution >= 4 is 215 Å². The first-order valence-electron chi connectivity index (χ1n) is 38.4. The maximum Gasteiger partial charge on any atom is 0.236 e. The van der Waals surface area contributed by atoms with Crippen LogP contribution in [0.15, 0.2) is 326 Å². The van der Waals surface area contributed by atoms with E-state index in [1.165, 1.54) is 138 Å². The van der Waals surface area contributed by atoms with Gasteiger partial charge in [0.2, 0.25) is 11.9 Å². The second-order valence-corrected chi connectivity index (χ2v) is 32.8. The van der Waals surface area contributed by atoms with Crippen LogP contribution in [-0.2, 0) is 11.8 Å². The lowest BCUT2D eigenvalue weighted by Crippen LogP contribution is -2.25. The van der Waals surface area contributed by atoms with Gasteiger partial charge in [0.05, 0.1) is 33.5 Å². The van der Waals surface area contributed by atoms with Crippen LogP contribution >= 0.6 is 22.7 Å². The third kappa shape index (κ3) is 8.11. The van der Waals surface area contributed by atoms with Crippen molar-refractivity contribution in [3.8, 4) is 45.7 Å². The Morgan fingerprint density at radius 1 is 0.295 bits per heavy atom. The van der Waals surface area contributed by atoms with Gasteiger partial charge in [-0.05, 0) is 154 Å². The summed E-state index contributed by atoms with van der Waals surface area (Å²) in [5, 5.41) is 29.7. The predicted molar refractivity (Wildman–Crippen MR) is 472 cm³/mol. The van der Waals surface area contributed by atoms with Gasteiger partial charge in [-0.15, -0.1) is 22.7 Å². The molecule has 0 aliphatic heterocycles. The van der Waals surface area contributed by atoms with Crippen molar-refractivity contribution in [2.24, 2.45) is 0 Å². The van der Waals surface area contributed by atoms with Crippen molar-refractivity contribution in [2.45, 2.75) is 18.8 Å². The van der Waals surface area contributed by atoms with Crippen LogP contribution in [0.1, 0.15) is 23.6 Å². The summed E-state index contributed by atoms with van der Waals surface area (Å²) >= 11 is 3.66. The number of thiophene rings is 2. The molecule has 112 heavy (non-hydrogen) atoms. The van der Waals surface area contributed by atoms with Gasteiger partial charge in [0.1, 0.15) is 16.8 Å². The van der Waals surface area contributed by atoms with E-state index in [2.05, 4.69) is 325 Å². The third-order valence-corrected chi connectivity index (χ3v) is 27.2. The van der Waals surface area contributed by atoms with Crippen molar-refractivity contribution in [3.05, 3.63) is 338 Å². The quantitative estimate of drug-likeness (QED) is 0.155. The van der Waals surface area contributed by atoms with E-state index in [-0.39, 0.29) is 0 Å². The van der Waals surface area contributed by atoms with E-state index in [4.69, 9.17) is 24.4 Å². The summed E-state index contributed by atoms with van der Waals surface area (Å²) in [5.74, 6) is 1.22. The summed E-state index contributed by atoms with van der Waals surface area (Å²) in [6.45, 7) is 2.47. The molecule has 0 N–H and O–H groups in total. The molecule has 7 nitrogen and oxygen atoms in total. The van der Waals surface area contributed by atoms with Crippen LogP contribution in [-0.4, -0.2) is 29.1 Å². The van der Waals surface area contributed by atoms with Crippen molar-refractivity contribution in [1.82, 2.24) is 29.1 Å². The molecule has 25 aromatic rings. The molecule has 1 unspecified atom stereocenters. The van der Waals surface area contributed by atoms with E-state index in [1.54, 1.807) is 0 Å². The second-order valence-electron chi connectivity index (χ2n) is 30.7. The Bertz CT molecular complexity index is 8570. The van der Waals surface area contributed by atoms with Crippen LogP contribution in [0.2, 0.25) is 0 Å². The molecule has 9 heteroatoms. The number of benzene rings is 18. The maximum atomic E-state index is 6.92. The van der Waals surface area contributed by atoms with Gasteiger partial charge < -0.3 is 4.42 Å². The molecule has 1 aliphatic rings. The Morgan fingerprint density at radius 2 is 0.696 bits per heavy atom. The molecular weight excluding hydrogens is 1400 g/mol. The van der Waals surface area contributed by atoms with Gasteiger partial charge in [0.15, 0.2) is 5.58 Å². The Balaban J connectivity index is 0.724. The molecule has 7 aromatic heterocycles. The van der Waals surface area contributed by atoms with Crippen LogP contribution in [0.25, 0.3) is 238 Å². The fourth-order valence-corrected chi connectivity index (χ4v) is 22.6. The Labute approximate surface area is 646 Å². The van der Waals surface area contributed by atoms with E-state index < -0.39 is 5.41 Å². The zero-order chi connectivity index (χ0) is 72.9. The van der Waals surface area contributed by atoms with Gasteiger partial charge >= 0.3 is 0 Å². The smallest absolute Gasteiger partial charge is 0.236 e. The highest BCUT2D eigenvalue weighted by atomic mass is 32.1. The standard InChI is InChI=1S/C103H58N6OS2/c1-103(77-38-16-12-32-70(77)96-95(103)97(74-36-20-42-85-87(74)72-34-14-18-40-83(72)111-85)105-101(104-96)108-78-50-45-57-22-2-4-24-59(57)91(78)93-80(108)52-48-67-63-28-7-6-26-61(63)62-27-10-11-31-66(62)89(67)93)55-56-44-47-69-76(54-56)65-30-9-8-29-64(65)68-49-53-81-94(90(68)69)92-60-25-5-3-23-58(60)46-51-79(92)109(81)102-106-98-71-33-13-17-39-82(71)110-100(98)99(107-102)75-37-21-43-86-88(75)73-35-15-19-41-84(73)112-86/h2-54H,55H2,1H3. The number of para-hydroxylation sites is 1. The number of furan rings is 1. The summed E-state index contributed by atoms with van der Waals surface area (Å²) in [6.07, 6.45) is 0.664. The minimum absolute atomic E-state index is 0.580. The zero-order valence-electron chi connectivity index (χ0n) is 60.2. The first kappa shape index (κ1) is 61.0. The molecule has 0 saturated carbocycles. The monoisotopic (exact) mass is 1460 g/mol. The van der Waals surface area contributed by atoms with E-state index in [0.29, 0.717) is 23.9 Å². The molecule has 0 spiro atoms.